The standard InChI is InChI=1S/C20H21FN4O2S/c1-27-16-5-3-15(4-6-16)25-10-8-24(9-11-25)13-19(26)23-20-22-17-7-2-14(21)12-18(17)28-20/h2-7,12H,8-11,13H2,1H3,(H,22,23,26). The first kappa shape index (κ1) is 18.6. The van der Waals surface area contributed by atoms with Crippen molar-refractivity contribution in [1.29, 1.82) is 0 Å². The largest absolute Gasteiger partial charge is 0.497 e. The Morgan fingerprint density at radius 1 is 1.18 bits per heavy atom. The molecule has 4 rings (SSSR count). The Labute approximate surface area is 166 Å². The minimum absolute atomic E-state index is 0.0996. The van der Waals surface area contributed by atoms with Gasteiger partial charge >= 0.3 is 0 Å². The summed E-state index contributed by atoms with van der Waals surface area (Å²) in [6.07, 6.45) is 0. The van der Waals surface area contributed by atoms with Crippen LogP contribution in [0.4, 0.5) is 15.2 Å². The summed E-state index contributed by atoms with van der Waals surface area (Å²) in [5, 5.41) is 3.33. The van der Waals surface area contributed by atoms with E-state index in [9.17, 15) is 9.18 Å². The van der Waals surface area contributed by atoms with E-state index >= 15 is 0 Å². The maximum atomic E-state index is 13.3. The Morgan fingerprint density at radius 3 is 2.64 bits per heavy atom. The van der Waals surface area contributed by atoms with Crippen molar-refractivity contribution < 1.29 is 13.9 Å². The van der Waals surface area contributed by atoms with Gasteiger partial charge < -0.3 is 15.0 Å². The van der Waals surface area contributed by atoms with Crippen molar-refractivity contribution in [3.8, 4) is 5.75 Å². The number of rotatable bonds is 5. The van der Waals surface area contributed by atoms with E-state index in [1.807, 2.05) is 12.1 Å². The molecule has 146 valence electrons. The first-order chi connectivity index (χ1) is 13.6. The van der Waals surface area contributed by atoms with Gasteiger partial charge in [-0.2, -0.15) is 0 Å². The SMILES string of the molecule is COc1ccc(N2CCN(CC(=O)Nc3nc4ccc(F)cc4s3)CC2)cc1. The number of fused-ring (bicyclic) bond motifs is 1. The van der Waals surface area contributed by atoms with Crippen molar-refractivity contribution in [2.75, 3.05) is 50.1 Å². The fourth-order valence-corrected chi connectivity index (χ4v) is 4.18. The van der Waals surface area contributed by atoms with E-state index in [0.29, 0.717) is 17.2 Å². The fourth-order valence-electron chi connectivity index (χ4n) is 3.27. The molecule has 0 atom stereocenters. The van der Waals surface area contributed by atoms with E-state index < -0.39 is 0 Å². The lowest BCUT2D eigenvalue weighted by molar-refractivity contribution is -0.117. The van der Waals surface area contributed by atoms with E-state index in [-0.39, 0.29) is 11.7 Å². The second kappa shape index (κ2) is 8.12. The monoisotopic (exact) mass is 400 g/mol. The molecule has 1 saturated heterocycles. The van der Waals surface area contributed by atoms with Crippen LogP contribution in [0.15, 0.2) is 42.5 Å². The van der Waals surface area contributed by atoms with Gasteiger partial charge in [-0.15, -0.1) is 0 Å². The second-order valence-electron chi connectivity index (χ2n) is 6.64. The average molecular weight is 400 g/mol. The highest BCUT2D eigenvalue weighted by atomic mass is 32.1. The van der Waals surface area contributed by atoms with E-state index in [2.05, 4.69) is 32.2 Å². The maximum Gasteiger partial charge on any atom is 0.240 e. The van der Waals surface area contributed by atoms with Gasteiger partial charge in [-0.05, 0) is 42.5 Å². The van der Waals surface area contributed by atoms with E-state index in [1.54, 1.807) is 13.2 Å². The number of ether oxygens (including phenoxy) is 1. The van der Waals surface area contributed by atoms with Crippen LogP contribution < -0.4 is 15.0 Å². The Hall–Kier alpha value is -2.71. The number of nitrogens with zero attached hydrogens (tertiary/aromatic N) is 3. The number of hydrogen-bond donors (Lipinski definition) is 1. The number of carbonyl (C=O) groups excluding carboxylic acids is 1. The lowest BCUT2D eigenvalue weighted by Crippen LogP contribution is -2.48. The van der Waals surface area contributed by atoms with E-state index in [4.69, 9.17) is 4.74 Å². The number of carbonyl (C=O) groups is 1. The highest BCUT2D eigenvalue weighted by Gasteiger charge is 2.20. The van der Waals surface area contributed by atoms with Crippen molar-refractivity contribution in [1.82, 2.24) is 9.88 Å². The molecule has 0 spiro atoms. The van der Waals surface area contributed by atoms with Crippen LogP contribution in [0.3, 0.4) is 0 Å². The first-order valence-corrected chi connectivity index (χ1v) is 9.90. The maximum absolute atomic E-state index is 13.3. The molecule has 3 aromatic rings. The van der Waals surface area contributed by atoms with Crippen LogP contribution in [0.25, 0.3) is 10.2 Å². The molecule has 6 nitrogen and oxygen atoms in total. The molecule has 0 unspecified atom stereocenters. The van der Waals surface area contributed by atoms with Crippen molar-refractivity contribution in [2.24, 2.45) is 0 Å². The second-order valence-corrected chi connectivity index (χ2v) is 7.67. The predicted octanol–water partition coefficient (Wildman–Crippen LogP) is 3.20. The number of piperazine rings is 1. The van der Waals surface area contributed by atoms with Crippen LogP contribution in [0.1, 0.15) is 0 Å². The number of thiazole rings is 1. The lowest BCUT2D eigenvalue weighted by atomic mass is 10.2. The third-order valence-corrected chi connectivity index (χ3v) is 5.71. The summed E-state index contributed by atoms with van der Waals surface area (Å²) in [5.41, 5.74) is 1.85. The molecule has 8 heteroatoms. The molecule has 2 aromatic carbocycles. The molecular formula is C20H21FN4O2S. The molecule has 1 fully saturated rings. The van der Waals surface area contributed by atoms with Gasteiger partial charge in [0.25, 0.3) is 0 Å². The minimum atomic E-state index is -0.302. The van der Waals surface area contributed by atoms with Gasteiger partial charge in [0, 0.05) is 31.9 Å². The van der Waals surface area contributed by atoms with Crippen LogP contribution in [-0.4, -0.2) is 55.6 Å². The molecule has 0 radical (unpaired) electrons. The number of anilines is 2. The molecule has 1 aromatic heterocycles. The number of amides is 1. The Kier molecular flexibility index (Phi) is 5.40. The highest BCUT2D eigenvalue weighted by Crippen LogP contribution is 2.26. The molecule has 0 saturated carbocycles. The molecule has 1 amide bonds. The fraction of sp³-hybridized carbons (Fsp3) is 0.300. The lowest BCUT2D eigenvalue weighted by Gasteiger charge is -2.35. The van der Waals surface area contributed by atoms with Crippen molar-refractivity contribution >= 4 is 38.3 Å². The van der Waals surface area contributed by atoms with Crippen LogP contribution in [-0.2, 0) is 4.79 Å². The summed E-state index contributed by atoms with van der Waals surface area (Å²) in [7, 11) is 1.66. The number of methoxy groups -OCH3 is 1. The Bertz CT molecular complexity index is 968. The summed E-state index contributed by atoms with van der Waals surface area (Å²) in [6, 6.07) is 12.4. The zero-order valence-electron chi connectivity index (χ0n) is 15.5. The van der Waals surface area contributed by atoms with Crippen molar-refractivity contribution in [3.05, 3.63) is 48.3 Å². The van der Waals surface area contributed by atoms with Gasteiger partial charge in [-0.3, -0.25) is 9.69 Å². The Balaban J connectivity index is 1.29. The number of halogens is 1. The average Bonchev–Trinajstić information content (AvgIpc) is 3.09. The summed E-state index contributed by atoms with van der Waals surface area (Å²) in [5.74, 6) is 0.442. The Morgan fingerprint density at radius 2 is 1.93 bits per heavy atom. The summed E-state index contributed by atoms with van der Waals surface area (Å²) in [6.45, 7) is 3.66. The van der Waals surface area contributed by atoms with Crippen molar-refractivity contribution in [2.45, 2.75) is 0 Å². The number of aromatic nitrogens is 1. The number of hydrogen-bond acceptors (Lipinski definition) is 6. The first-order valence-electron chi connectivity index (χ1n) is 9.08. The normalized spacial score (nSPS) is 15.0. The zero-order chi connectivity index (χ0) is 19.5. The molecule has 1 N–H and O–H groups in total. The highest BCUT2D eigenvalue weighted by molar-refractivity contribution is 7.22. The molecule has 2 heterocycles. The number of nitrogens with one attached hydrogen (secondary N) is 1. The minimum Gasteiger partial charge on any atom is -0.497 e. The molecular weight excluding hydrogens is 379 g/mol. The quantitative estimate of drug-likeness (QED) is 0.713. The summed E-state index contributed by atoms with van der Waals surface area (Å²) in [4.78, 5) is 21.1. The molecule has 0 aliphatic carbocycles. The zero-order valence-corrected chi connectivity index (χ0v) is 16.3. The molecule has 1 aliphatic rings. The molecule has 0 bridgehead atoms. The summed E-state index contributed by atoms with van der Waals surface area (Å²) < 4.78 is 19.2. The van der Waals surface area contributed by atoms with E-state index in [1.165, 1.54) is 23.5 Å². The van der Waals surface area contributed by atoms with Crippen LogP contribution >= 0.6 is 11.3 Å². The molecule has 28 heavy (non-hydrogen) atoms. The van der Waals surface area contributed by atoms with Gasteiger partial charge in [0.2, 0.25) is 5.91 Å². The smallest absolute Gasteiger partial charge is 0.240 e. The van der Waals surface area contributed by atoms with Gasteiger partial charge in [0.05, 0.1) is 23.9 Å². The van der Waals surface area contributed by atoms with Gasteiger partial charge in [0.15, 0.2) is 5.13 Å². The van der Waals surface area contributed by atoms with Gasteiger partial charge in [-0.25, -0.2) is 9.37 Å². The van der Waals surface area contributed by atoms with Crippen LogP contribution in [0.2, 0.25) is 0 Å². The van der Waals surface area contributed by atoms with E-state index in [0.717, 1.165) is 42.3 Å². The topological polar surface area (TPSA) is 57.7 Å². The van der Waals surface area contributed by atoms with Gasteiger partial charge in [-0.1, -0.05) is 11.3 Å². The third-order valence-electron chi connectivity index (χ3n) is 4.77. The van der Waals surface area contributed by atoms with Crippen molar-refractivity contribution in [3.63, 3.8) is 0 Å². The van der Waals surface area contributed by atoms with Crippen LogP contribution in [0.5, 0.6) is 5.75 Å². The van der Waals surface area contributed by atoms with Gasteiger partial charge in [0.1, 0.15) is 11.6 Å². The third kappa shape index (κ3) is 4.23. The predicted molar refractivity (Wildman–Crippen MR) is 110 cm³/mol. The number of benzene rings is 2. The molecule has 1 aliphatic heterocycles. The van der Waals surface area contributed by atoms with Crippen LogP contribution in [0, 0.1) is 5.82 Å². The summed E-state index contributed by atoms with van der Waals surface area (Å²) >= 11 is 1.28.